The van der Waals surface area contributed by atoms with E-state index in [1.54, 1.807) is 0 Å². The fourth-order valence-corrected chi connectivity index (χ4v) is 4.42. The van der Waals surface area contributed by atoms with E-state index in [2.05, 4.69) is 89.3 Å². The Kier molecular flexibility index (Phi) is 6.72. The van der Waals surface area contributed by atoms with Crippen LogP contribution in [0.2, 0.25) is 0 Å². The van der Waals surface area contributed by atoms with Crippen LogP contribution in [0.3, 0.4) is 0 Å². The number of alkyl halides is 1. The number of aryl methyl sites for hydroxylation is 1. The summed E-state index contributed by atoms with van der Waals surface area (Å²) in [5, 5.41) is 0. The topological polar surface area (TPSA) is 3.24 Å². The van der Waals surface area contributed by atoms with E-state index in [0.717, 1.165) is 19.0 Å². The van der Waals surface area contributed by atoms with Crippen LogP contribution in [0.1, 0.15) is 55.7 Å². The van der Waals surface area contributed by atoms with Crippen molar-refractivity contribution in [1.29, 1.82) is 0 Å². The Morgan fingerprint density at radius 3 is 2.24 bits per heavy atom. The van der Waals surface area contributed by atoms with Crippen molar-refractivity contribution in [3.63, 3.8) is 0 Å². The van der Waals surface area contributed by atoms with Gasteiger partial charge in [-0.2, -0.15) is 0 Å². The molecule has 0 spiro atoms. The minimum Gasteiger partial charge on any atom is -0.297 e. The van der Waals surface area contributed by atoms with E-state index in [4.69, 9.17) is 0 Å². The lowest BCUT2D eigenvalue weighted by Crippen LogP contribution is -2.31. The van der Waals surface area contributed by atoms with E-state index in [1.807, 2.05) is 0 Å². The summed E-state index contributed by atoms with van der Waals surface area (Å²) in [7, 11) is 0. The maximum atomic E-state index is 3.77. The van der Waals surface area contributed by atoms with Crippen LogP contribution in [0.15, 0.2) is 54.6 Å². The Balaban J connectivity index is 1.48. The van der Waals surface area contributed by atoms with Crippen LogP contribution in [-0.4, -0.2) is 22.3 Å². The highest BCUT2D eigenvalue weighted by molar-refractivity contribution is 9.09. The summed E-state index contributed by atoms with van der Waals surface area (Å²) < 4.78 is 0. The highest BCUT2D eigenvalue weighted by atomic mass is 79.9. The van der Waals surface area contributed by atoms with Crippen LogP contribution in [0.25, 0.3) is 0 Å². The molecule has 0 saturated heterocycles. The second-order valence-electron chi connectivity index (χ2n) is 7.59. The first-order valence-corrected chi connectivity index (χ1v) is 10.6. The van der Waals surface area contributed by atoms with Crippen LogP contribution in [0.5, 0.6) is 0 Å². The lowest BCUT2D eigenvalue weighted by molar-refractivity contribution is 0.210. The van der Waals surface area contributed by atoms with E-state index in [1.165, 1.54) is 42.4 Å². The molecule has 2 heteroatoms. The first-order chi connectivity index (χ1) is 12.1. The van der Waals surface area contributed by atoms with Gasteiger partial charge in [0.2, 0.25) is 0 Å². The van der Waals surface area contributed by atoms with Crippen molar-refractivity contribution in [2.75, 3.05) is 6.54 Å². The minimum absolute atomic E-state index is 0.581. The largest absolute Gasteiger partial charge is 0.297 e. The molecule has 2 aromatic rings. The first-order valence-electron chi connectivity index (χ1n) is 9.64. The van der Waals surface area contributed by atoms with Gasteiger partial charge in [0.1, 0.15) is 0 Å². The predicted octanol–water partition coefficient (Wildman–Crippen LogP) is 6.17. The summed E-state index contributed by atoms with van der Waals surface area (Å²) in [6.45, 7) is 6.80. The van der Waals surface area contributed by atoms with Crippen LogP contribution in [0.4, 0.5) is 0 Å². The Labute approximate surface area is 161 Å². The third-order valence-corrected chi connectivity index (χ3v) is 6.56. The van der Waals surface area contributed by atoms with Crippen molar-refractivity contribution in [2.24, 2.45) is 0 Å². The SMILES string of the molecule is CC(C)N(CCCc1ccc(C2CCC2Br)cc1)Cc1ccccc1. The number of nitrogens with zero attached hydrogens (tertiary/aromatic N) is 1. The molecule has 3 rings (SSSR count). The molecule has 1 saturated carbocycles. The van der Waals surface area contributed by atoms with Gasteiger partial charge in [-0.05, 0) is 68.7 Å². The summed E-state index contributed by atoms with van der Waals surface area (Å²) in [6.07, 6.45) is 5.03. The molecule has 0 radical (unpaired) electrons. The lowest BCUT2D eigenvalue weighted by atomic mass is 9.79. The van der Waals surface area contributed by atoms with Gasteiger partial charge in [-0.25, -0.2) is 0 Å². The van der Waals surface area contributed by atoms with E-state index < -0.39 is 0 Å². The van der Waals surface area contributed by atoms with Crippen molar-refractivity contribution < 1.29 is 0 Å². The monoisotopic (exact) mass is 399 g/mol. The number of halogens is 1. The zero-order valence-corrected chi connectivity index (χ0v) is 17.1. The fourth-order valence-electron chi connectivity index (χ4n) is 3.59. The Hall–Kier alpha value is -1.12. The Morgan fingerprint density at radius 2 is 1.68 bits per heavy atom. The summed E-state index contributed by atoms with van der Waals surface area (Å²) in [5.74, 6) is 0.733. The molecule has 0 N–H and O–H groups in total. The number of hydrogen-bond donors (Lipinski definition) is 0. The quantitative estimate of drug-likeness (QED) is 0.479. The molecule has 0 aromatic heterocycles. The van der Waals surface area contributed by atoms with Crippen LogP contribution < -0.4 is 0 Å². The zero-order valence-electron chi connectivity index (χ0n) is 15.5. The summed E-state index contributed by atoms with van der Waals surface area (Å²) in [6, 6.07) is 20.8. The maximum absolute atomic E-state index is 3.77. The van der Waals surface area contributed by atoms with Crippen molar-refractivity contribution in [2.45, 2.75) is 62.9 Å². The highest BCUT2D eigenvalue weighted by Crippen LogP contribution is 2.41. The minimum atomic E-state index is 0.581. The predicted molar refractivity (Wildman–Crippen MR) is 111 cm³/mol. The van der Waals surface area contributed by atoms with Gasteiger partial charge in [-0.15, -0.1) is 0 Å². The molecular formula is C23H30BrN. The standard InChI is InChI=1S/C23H30BrN/c1-18(2)25(17-20-7-4-3-5-8-20)16-6-9-19-10-12-21(13-11-19)22-14-15-23(22)24/h3-5,7-8,10-13,18,22-23H,6,9,14-17H2,1-2H3. The third-order valence-electron chi connectivity index (χ3n) is 5.47. The lowest BCUT2D eigenvalue weighted by Gasteiger charge is -2.32. The van der Waals surface area contributed by atoms with Gasteiger partial charge in [0, 0.05) is 17.4 Å². The normalized spacial score (nSPS) is 20.0. The average Bonchev–Trinajstić information content (AvgIpc) is 2.61. The summed E-state index contributed by atoms with van der Waals surface area (Å²) in [5.41, 5.74) is 4.38. The third kappa shape index (κ3) is 5.18. The highest BCUT2D eigenvalue weighted by Gasteiger charge is 2.29. The molecule has 1 fully saturated rings. The van der Waals surface area contributed by atoms with Gasteiger partial charge < -0.3 is 0 Å². The molecular weight excluding hydrogens is 370 g/mol. The second-order valence-corrected chi connectivity index (χ2v) is 8.77. The molecule has 0 heterocycles. The van der Waals surface area contributed by atoms with E-state index in [9.17, 15) is 0 Å². The van der Waals surface area contributed by atoms with Gasteiger partial charge in [-0.1, -0.05) is 70.5 Å². The van der Waals surface area contributed by atoms with Gasteiger partial charge in [-0.3, -0.25) is 4.90 Å². The van der Waals surface area contributed by atoms with Crippen molar-refractivity contribution in [3.8, 4) is 0 Å². The van der Waals surface area contributed by atoms with Crippen molar-refractivity contribution in [1.82, 2.24) is 4.90 Å². The molecule has 0 bridgehead atoms. The number of hydrogen-bond acceptors (Lipinski definition) is 1. The Bertz CT molecular complexity index is 635. The molecule has 25 heavy (non-hydrogen) atoms. The average molecular weight is 400 g/mol. The van der Waals surface area contributed by atoms with Crippen LogP contribution in [-0.2, 0) is 13.0 Å². The molecule has 1 nitrogen and oxygen atoms in total. The van der Waals surface area contributed by atoms with E-state index in [-0.39, 0.29) is 0 Å². The van der Waals surface area contributed by atoms with Crippen molar-refractivity contribution >= 4 is 15.9 Å². The van der Waals surface area contributed by atoms with Gasteiger partial charge in [0.05, 0.1) is 0 Å². The molecule has 0 amide bonds. The smallest absolute Gasteiger partial charge is 0.0236 e. The summed E-state index contributed by atoms with van der Waals surface area (Å²) >= 11 is 3.77. The van der Waals surface area contributed by atoms with Crippen LogP contribution in [0, 0.1) is 0 Å². The maximum Gasteiger partial charge on any atom is 0.0236 e. The molecule has 0 aliphatic heterocycles. The first kappa shape index (κ1) is 18.7. The zero-order chi connectivity index (χ0) is 17.6. The van der Waals surface area contributed by atoms with Gasteiger partial charge >= 0.3 is 0 Å². The Morgan fingerprint density at radius 1 is 0.960 bits per heavy atom. The molecule has 134 valence electrons. The molecule has 2 aromatic carbocycles. The second kappa shape index (κ2) is 9.00. The molecule has 1 aliphatic rings. The van der Waals surface area contributed by atoms with Gasteiger partial charge in [0.25, 0.3) is 0 Å². The van der Waals surface area contributed by atoms with Crippen molar-refractivity contribution in [3.05, 3.63) is 71.3 Å². The van der Waals surface area contributed by atoms with Crippen LogP contribution >= 0.6 is 15.9 Å². The molecule has 2 unspecified atom stereocenters. The van der Waals surface area contributed by atoms with E-state index >= 15 is 0 Å². The number of rotatable bonds is 8. The van der Waals surface area contributed by atoms with E-state index in [0.29, 0.717) is 10.9 Å². The molecule has 2 atom stereocenters. The fraction of sp³-hybridized carbons (Fsp3) is 0.478. The number of benzene rings is 2. The molecule has 1 aliphatic carbocycles. The summed E-state index contributed by atoms with van der Waals surface area (Å²) in [4.78, 5) is 3.27. The van der Waals surface area contributed by atoms with Gasteiger partial charge in [0.15, 0.2) is 0 Å².